The second-order valence-corrected chi connectivity index (χ2v) is 5.96. The molecule has 1 aromatic carbocycles. The third-order valence-electron chi connectivity index (χ3n) is 4.47. The molecular weight excluding hydrogens is 421 g/mol. The molecule has 0 aliphatic carbocycles. The third-order valence-corrected chi connectivity index (χ3v) is 4.47. The van der Waals surface area contributed by atoms with Crippen molar-refractivity contribution in [3.8, 4) is 0 Å². The number of hydrogen-bond donors (Lipinski definition) is 1. The highest BCUT2D eigenvalue weighted by Crippen LogP contribution is 2.34. The summed E-state index contributed by atoms with van der Waals surface area (Å²) in [4.78, 5) is 6.68. The van der Waals surface area contributed by atoms with Gasteiger partial charge in [0.15, 0.2) is 5.96 Å². The molecule has 0 radical (unpaired) electrons. The van der Waals surface area contributed by atoms with E-state index >= 15 is 0 Å². The van der Waals surface area contributed by atoms with Gasteiger partial charge in [0.05, 0.1) is 33.0 Å². The maximum absolute atomic E-state index is 6.16. The molecule has 1 saturated heterocycles. The number of ether oxygens (including phenoxy) is 3. The number of nitrogens with zero attached hydrogens (tertiary/aromatic N) is 2. The Bertz CT molecular complexity index is 564. The van der Waals surface area contributed by atoms with Crippen molar-refractivity contribution in [3.05, 3.63) is 35.4 Å². The lowest BCUT2D eigenvalue weighted by molar-refractivity contribution is -0.0961. The van der Waals surface area contributed by atoms with E-state index in [4.69, 9.17) is 19.9 Å². The molecule has 1 atom stereocenters. The number of hydrogen-bond acceptors (Lipinski definition) is 4. The van der Waals surface area contributed by atoms with Crippen LogP contribution in [0.5, 0.6) is 0 Å². The fourth-order valence-corrected chi connectivity index (χ4v) is 3.25. The van der Waals surface area contributed by atoms with Crippen LogP contribution in [-0.2, 0) is 26.2 Å². The number of halogens is 1. The van der Waals surface area contributed by atoms with Crippen molar-refractivity contribution in [3.63, 3.8) is 0 Å². The van der Waals surface area contributed by atoms with Crippen LogP contribution in [0.15, 0.2) is 29.3 Å². The van der Waals surface area contributed by atoms with Gasteiger partial charge < -0.3 is 24.8 Å². The lowest BCUT2D eigenvalue weighted by Gasteiger charge is -2.38. The summed E-state index contributed by atoms with van der Waals surface area (Å²) < 4.78 is 16.9. The zero-order chi connectivity index (χ0) is 16.1. The van der Waals surface area contributed by atoms with E-state index in [-0.39, 0.29) is 24.0 Å². The second-order valence-electron chi connectivity index (χ2n) is 5.96. The van der Waals surface area contributed by atoms with Gasteiger partial charge in [-0.15, -0.1) is 24.0 Å². The second kappa shape index (κ2) is 8.98. The third kappa shape index (κ3) is 4.19. The molecule has 1 unspecified atom stereocenters. The van der Waals surface area contributed by atoms with Gasteiger partial charge in [0, 0.05) is 20.2 Å². The predicted molar refractivity (Wildman–Crippen MR) is 104 cm³/mol. The number of fused-ring (bicyclic) bond motifs is 1. The highest BCUT2D eigenvalue weighted by molar-refractivity contribution is 14.0. The van der Waals surface area contributed by atoms with Crippen molar-refractivity contribution in [2.75, 3.05) is 53.2 Å². The van der Waals surface area contributed by atoms with Crippen molar-refractivity contribution < 1.29 is 14.2 Å². The number of aliphatic imine (C=N–C) groups is 1. The standard InChI is InChI=1S/C17H25N3O3.HI/c1-21-13-17(12-19-16(18)20-7-10-22-11-8-20)15-5-3-2-4-14(15)6-9-23-17;/h2-5H,6-13H2,1H3,(H2,18,19);1H. The number of methoxy groups -OCH3 is 1. The summed E-state index contributed by atoms with van der Waals surface area (Å²) >= 11 is 0. The predicted octanol–water partition coefficient (Wildman–Crippen LogP) is 1.37. The minimum absolute atomic E-state index is 0. The summed E-state index contributed by atoms with van der Waals surface area (Å²) in [6.45, 7) is 4.55. The Balaban J connectivity index is 0.00000208. The van der Waals surface area contributed by atoms with Gasteiger partial charge in [-0.2, -0.15) is 0 Å². The van der Waals surface area contributed by atoms with Crippen LogP contribution < -0.4 is 5.73 Å². The Morgan fingerprint density at radius 2 is 2.04 bits per heavy atom. The Morgan fingerprint density at radius 1 is 1.29 bits per heavy atom. The zero-order valence-corrected chi connectivity index (χ0v) is 16.4. The van der Waals surface area contributed by atoms with Gasteiger partial charge in [0.2, 0.25) is 0 Å². The zero-order valence-electron chi connectivity index (χ0n) is 14.1. The normalized spacial score (nSPS) is 24.2. The van der Waals surface area contributed by atoms with Crippen molar-refractivity contribution in [2.24, 2.45) is 10.7 Å². The topological polar surface area (TPSA) is 69.3 Å². The molecule has 2 heterocycles. The van der Waals surface area contributed by atoms with Gasteiger partial charge in [-0.1, -0.05) is 24.3 Å². The molecule has 0 spiro atoms. The van der Waals surface area contributed by atoms with Crippen LogP contribution >= 0.6 is 24.0 Å². The highest BCUT2D eigenvalue weighted by atomic mass is 127. The summed E-state index contributed by atoms with van der Waals surface area (Å²) in [5.74, 6) is 0.551. The van der Waals surface area contributed by atoms with Crippen molar-refractivity contribution >= 4 is 29.9 Å². The van der Waals surface area contributed by atoms with Crippen molar-refractivity contribution in [2.45, 2.75) is 12.0 Å². The Kier molecular flexibility index (Phi) is 7.27. The summed E-state index contributed by atoms with van der Waals surface area (Å²) in [5, 5.41) is 0. The Hall–Kier alpha value is -0.900. The average Bonchev–Trinajstić information content (AvgIpc) is 2.61. The van der Waals surface area contributed by atoms with E-state index in [1.807, 2.05) is 6.07 Å². The Morgan fingerprint density at radius 3 is 2.79 bits per heavy atom. The van der Waals surface area contributed by atoms with Crippen LogP contribution in [0.25, 0.3) is 0 Å². The first-order chi connectivity index (χ1) is 11.2. The molecule has 0 amide bonds. The van der Waals surface area contributed by atoms with Gasteiger partial charge in [0.1, 0.15) is 5.60 Å². The molecule has 7 heteroatoms. The first kappa shape index (κ1) is 19.4. The molecule has 134 valence electrons. The largest absolute Gasteiger partial charge is 0.381 e. The molecule has 0 saturated carbocycles. The SMILES string of the molecule is COCC1(CN=C(N)N2CCOCC2)OCCc2ccccc21.I. The lowest BCUT2D eigenvalue weighted by Crippen LogP contribution is -2.47. The maximum atomic E-state index is 6.16. The van der Waals surface area contributed by atoms with Gasteiger partial charge >= 0.3 is 0 Å². The molecule has 6 nitrogen and oxygen atoms in total. The first-order valence-corrected chi connectivity index (χ1v) is 8.09. The summed E-state index contributed by atoms with van der Waals surface area (Å²) in [5.41, 5.74) is 8.07. The van der Waals surface area contributed by atoms with E-state index in [2.05, 4.69) is 28.1 Å². The maximum Gasteiger partial charge on any atom is 0.191 e. The van der Waals surface area contributed by atoms with Crippen LogP contribution in [0.1, 0.15) is 11.1 Å². The lowest BCUT2D eigenvalue weighted by atomic mass is 9.86. The van der Waals surface area contributed by atoms with Crippen LogP contribution in [0, 0.1) is 0 Å². The minimum Gasteiger partial charge on any atom is -0.381 e. The summed E-state index contributed by atoms with van der Waals surface area (Å²) in [7, 11) is 1.69. The van der Waals surface area contributed by atoms with Crippen molar-refractivity contribution in [1.82, 2.24) is 4.90 Å². The molecule has 2 aliphatic heterocycles. The van der Waals surface area contributed by atoms with E-state index in [0.29, 0.717) is 38.9 Å². The van der Waals surface area contributed by atoms with Gasteiger partial charge in [-0.3, -0.25) is 0 Å². The van der Waals surface area contributed by atoms with Crippen LogP contribution in [0.2, 0.25) is 0 Å². The summed E-state index contributed by atoms with van der Waals surface area (Å²) in [6.07, 6.45) is 0.921. The molecule has 2 N–H and O–H groups in total. The van der Waals surface area contributed by atoms with Crippen LogP contribution in [0.3, 0.4) is 0 Å². The van der Waals surface area contributed by atoms with Crippen LogP contribution in [0.4, 0.5) is 0 Å². The van der Waals surface area contributed by atoms with E-state index in [9.17, 15) is 0 Å². The number of rotatable bonds is 4. The highest BCUT2D eigenvalue weighted by Gasteiger charge is 2.38. The molecule has 2 aliphatic rings. The molecule has 3 rings (SSSR count). The molecule has 1 aromatic rings. The van der Waals surface area contributed by atoms with Crippen LogP contribution in [-0.4, -0.2) is 64.0 Å². The minimum atomic E-state index is -0.555. The fourth-order valence-electron chi connectivity index (χ4n) is 3.25. The van der Waals surface area contributed by atoms with E-state index < -0.39 is 5.60 Å². The van der Waals surface area contributed by atoms with E-state index in [1.165, 1.54) is 5.56 Å². The van der Waals surface area contributed by atoms with E-state index in [0.717, 1.165) is 25.1 Å². The quantitative estimate of drug-likeness (QED) is 0.429. The smallest absolute Gasteiger partial charge is 0.191 e. The Labute approximate surface area is 160 Å². The van der Waals surface area contributed by atoms with E-state index in [1.54, 1.807) is 7.11 Å². The molecule has 1 fully saturated rings. The number of nitrogens with two attached hydrogens (primary N) is 1. The molecule has 0 aromatic heterocycles. The average molecular weight is 447 g/mol. The van der Waals surface area contributed by atoms with Gasteiger partial charge in [0.25, 0.3) is 0 Å². The number of benzene rings is 1. The molecule has 24 heavy (non-hydrogen) atoms. The summed E-state index contributed by atoms with van der Waals surface area (Å²) in [6, 6.07) is 8.35. The van der Waals surface area contributed by atoms with Crippen molar-refractivity contribution in [1.29, 1.82) is 0 Å². The first-order valence-electron chi connectivity index (χ1n) is 8.09. The number of morpholine rings is 1. The molecule has 0 bridgehead atoms. The molecular formula is C17H26IN3O3. The fraction of sp³-hybridized carbons (Fsp3) is 0.588. The number of guanidine groups is 1. The van der Waals surface area contributed by atoms with Gasteiger partial charge in [-0.25, -0.2) is 4.99 Å². The monoisotopic (exact) mass is 447 g/mol. The van der Waals surface area contributed by atoms with Gasteiger partial charge in [-0.05, 0) is 17.5 Å².